The summed E-state index contributed by atoms with van der Waals surface area (Å²) in [7, 11) is 0. The highest BCUT2D eigenvalue weighted by Gasteiger charge is 2.31. The van der Waals surface area contributed by atoms with E-state index in [2.05, 4.69) is 11.3 Å². The van der Waals surface area contributed by atoms with Crippen LogP contribution in [0.15, 0.2) is 36.9 Å². The van der Waals surface area contributed by atoms with E-state index in [0.717, 1.165) is 18.2 Å². The molecule has 0 bridgehead atoms. The fourth-order valence-electron chi connectivity index (χ4n) is 1.07. The van der Waals surface area contributed by atoms with Crippen molar-refractivity contribution >= 4 is 5.97 Å². The number of hydrogen-bond acceptors (Lipinski definition) is 3. The zero-order valence-corrected chi connectivity index (χ0v) is 8.98. The second kappa shape index (κ2) is 5.44. The molecule has 1 rings (SSSR count). The van der Waals surface area contributed by atoms with Gasteiger partial charge in [-0.05, 0) is 30.3 Å². The van der Waals surface area contributed by atoms with E-state index < -0.39 is 24.2 Å². The van der Waals surface area contributed by atoms with Crippen LogP contribution in [0.4, 0.5) is 13.2 Å². The van der Waals surface area contributed by atoms with Crippen LogP contribution in [0, 0.1) is 0 Å². The number of alkyl halides is 3. The quantitative estimate of drug-likeness (QED) is 0.829. The SMILES string of the molecule is C=CC(Oc1ccc(OC(F)(F)F)cc1)C(=O)O. The molecule has 1 aromatic rings. The first-order valence-corrected chi connectivity index (χ1v) is 4.69. The van der Waals surface area contributed by atoms with E-state index in [0.29, 0.717) is 0 Å². The fraction of sp³-hybridized carbons (Fsp3) is 0.182. The Balaban J connectivity index is 2.71. The van der Waals surface area contributed by atoms with E-state index in [1.807, 2.05) is 0 Å². The molecule has 0 spiro atoms. The van der Waals surface area contributed by atoms with Gasteiger partial charge in [-0.3, -0.25) is 0 Å². The van der Waals surface area contributed by atoms with Gasteiger partial charge in [0.05, 0.1) is 0 Å². The van der Waals surface area contributed by atoms with Gasteiger partial charge in [-0.2, -0.15) is 0 Å². The van der Waals surface area contributed by atoms with Crippen LogP contribution in [0.1, 0.15) is 0 Å². The zero-order chi connectivity index (χ0) is 13.8. The van der Waals surface area contributed by atoms with Crippen molar-refractivity contribution in [2.75, 3.05) is 0 Å². The Morgan fingerprint density at radius 3 is 2.17 bits per heavy atom. The van der Waals surface area contributed by atoms with Gasteiger partial charge in [-0.25, -0.2) is 4.79 Å². The fourth-order valence-corrected chi connectivity index (χ4v) is 1.07. The molecule has 0 saturated heterocycles. The number of carbonyl (C=O) groups is 1. The van der Waals surface area contributed by atoms with Gasteiger partial charge >= 0.3 is 12.3 Å². The molecule has 18 heavy (non-hydrogen) atoms. The van der Waals surface area contributed by atoms with Crippen molar-refractivity contribution < 1.29 is 32.5 Å². The first kappa shape index (κ1) is 13.9. The van der Waals surface area contributed by atoms with Gasteiger partial charge in [0.15, 0.2) is 0 Å². The largest absolute Gasteiger partial charge is 0.573 e. The molecular formula is C11H9F3O4. The first-order chi connectivity index (χ1) is 8.31. The number of hydrogen-bond donors (Lipinski definition) is 1. The number of carboxylic acid groups (broad SMARTS) is 1. The van der Waals surface area contributed by atoms with Gasteiger partial charge in [-0.1, -0.05) is 6.58 Å². The molecule has 7 heteroatoms. The van der Waals surface area contributed by atoms with Gasteiger partial charge in [0.25, 0.3) is 0 Å². The Morgan fingerprint density at radius 2 is 1.78 bits per heavy atom. The summed E-state index contributed by atoms with van der Waals surface area (Å²) in [6, 6.07) is 4.37. The molecule has 0 saturated carbocycles. The molecule has 1 atom stereocenters. The Labute approximate surface area is 100 Å². The molecule has 0 fully saturated rings. The van der Waals surface area contributed by atoms with Crippen molar-refractivity contribution in [3.63, 3.8) is 0 Å². The highest BCUT2D eigenvalue weighted by Crippen LogP contribution is 2.25. The number of carboxylic acids is 1. The summed E-state index contributed by atoms with van der Waals surface area (Å²) in [4.78, 5) is 10.6. The topological polar surface area (TPSA) is 55.8 Å². The van der Waals surface area contributed by atoms with Crippen molar-refractivity contribution in [1.29, 1.82) is 0 Å². The summed E-state index contributed by atoms with van der Waals surface area (Å²) in [6.45, 7) is 3.27. The van der Waals surface area contributed by atoms with Crippen LogP contribution in [-0.4, -0.2) is 23.5 Å². The number of ether oxygens (including phenoxy) is 2. The van der Waals surface area contributed by atoms with Crippen molar-refractivity contribution in [1.82, 2.24) is 0 Å². The van der Waals surface area contributed by atoms with E-state index in [9.17, 15) is 18.0 Å². The molecular weight excluding hydrogens is 253 g/mol. The first-order valence-electron chi connectivity index (χ1n) is 4.69. The summed E-state index contributed by atoms with van der Waals surface area (Å²) in [5, 5.41) is 8.67. The Hall–Kier alpha value is -2.18. The molecule has 98 valence electrons. The average molecular weight is 262 g/mol. The molecule has 0 aromatic heterocycles. The molecule has 0 amide bonds. The Bertz CT molecular complexity index is 425. The third-order valence-corrected chi connectivity index (χ3v) is 1.78. The molecule has 1 aromatic carbocycles. The number of halogens is 3. The summed E-state index contributed by atoms with van der Waals surface area (Å²) in [6.07, 6.45) is -4.98. The highest BCUT2D eigenvalue weighted by molar-refractivity contribution is 5.74. The Kier molecular flexibility index (Phi) is 4.19. The van der Waals surface area contributed by atoms with Crippen LogP contribution in [0.5, 0.6) is 11.5 Å². The van der Waals surface area contributed by atoms with E-state index in [4.69, 9.17) is 9.84 Å². The standard InChI is InChI=1S/C11H9F3O4/c1-2-9(10(15)16)17-7-3-5-8(6-4-7)18-11(12,13)14/h2-6,9H,1H2,(H,15,16). The minimum absolute atomic E-state index is 0.0943. The van der Waals surface area contributed by atoms with Gasteiger partial charge in [-0.15, -0.1) is 13.2 Å². The van der Waals surface area contributed by atoms with Crippen molar-refractivity contribution in [2.45, 2.75) is 12.5 Å². The summed E-state index contributed by atoms with van der Waals surface area (Å²) in [5.74, 6) is -1.57. The second-order valence-electron chi connectivity index (χ2n) is 3.13. The van der Waals surface area contributed by atoms with E-state index in [1.165, 1.54) is 12.1 Å². The lowest BCUT2D eigenvalue weighted by molar-refractivity contribution is -0.274. The molecule has 0 radical (unpaired) electrons. The third-order valence-electron chi connectivity index (χ3n) is 1.78. The van der Waals surface area contributed by atoms with Crippen LogP contribution in [-0.2, 0) is 4.79 Å². The maximum absolute atomic E-state index is 11.9. The summed E-state index contributed by atoms with van der Waals surface area (Å²) >= 11 is 0. The highest BCUT2D eigenvalue weighted by atomic mass is 19.4. The van der Waals surface area contributed by atoms with Crippen molar-refractivity contribution in [3.05, 3.63) is 36.9 Å². The molecule has 0 aliphatic heterocycles. The monoisotopic (exact) mass is 262 g/mol. The molecule has 4 nitrogen and oxygen atoms in total. The van der Waals surface area contributed by atoms with E-state index in [-0.39, 0.29) is 5.75 Å². The average Bonchev–Trinajstić information content (AvgIpc) is 2.25. The van der Waals surface area contributed by atoms with Gasteiger partial charge in [0.1, 0.15) is 11.5 Å². The van der Waals surface area contributed by atoms with Gasteiger partial charge in [0, 0.05) is 0 Å². The maximum Gasteiger partial charge on any atom is 0.573 e. The summed E-state index contributed by atoms with van der Waals surface area (Å²) < 4.78 is 44.2. The number of aliphatic carboxylic acids is 1. The van der Waals surface area contributed by atoms with Crippen molar-refractivity contribution in [3.8, 4) is 11.5 Å². The third kappa shape index (κ3) is 4.36. The lowest BCUT2D eigenvalue weighted by atomic mass is 10.3. The second-order valence-corrected chi connectivity index (χ2v) is 3.13. The van der Waals surface area contributed by atoms with Crippen LogP contribution in [0.2, 0.25) is 0 Å². The molecule has 1 unspecified atom stereocenters. The maximum atomic E-state index is 11.9. The smallest absolute Gasteiger partial charge is 0.478 e. The van der Waals surface area contributed by atoms with Crippen molar-refractivity contribution in [2.24, 2.45) is 0 Å². The van der Waals surface area contributed by atoms with E-state index >= 15 is 0 Å². The van der Waals surface area contributed by atoms with Crippen LogP contribution in [0.25, 0.3) is 0 Å². The van der Waals surface area contributed by atoms with Gasteiger partial charge < -0.3 is 14.6 Å². The van der Waals surface area contributed by atoms with E-state index in [1.54, 1.807) is 0 Å². The lowest BCUT2D eigenvalue weighted by Crippen LogP contribution is -2.24. The minimum Gasteiger partial charge on any atom is -0.478 e. The van der Waals surface area contributed by atoms with Crippen LogP contribution < -0.4 is 9.47 Å². The normalized spacial score (nSPS) is 12.6. The number of benzene rings is 1. The van der Waals surface area contributed by atoms with Gasteiger partial charge in [0.2, 0.25) is 6.10 Å². The zero-order valence-electron chi connectivity index (χ0n) is 8.98. The Morgan fingerprint density at radius 1 is 1.28 bits per heavy atom. The lowest BCUT2D eigenvalue weighted by Gasteiger charge is -2.12. The summed E-state index contributed by atoms with van der Waals surface area (Å²) in [5.41, 5.74) is 0. The molecule has 0 heterocycles. The van der Waals surface area contributed by atoms with Crippen LogP contribution in [0.3, 0.4) is 0 Å². The predicted octanol–water partition coefficient (Wildman–Crippen LogP) is 2.60. The molecule has 1 N–H and O–H groups in total. The predicted molar refractivity (Wildman–Crippen MR) is 55.4 cm³/mol. The minimum atomic E-state index is -4.77. The molecule has 0 aliphatic carbocycles. The molecule has 0 aliphatic rings. The van der Waals surface area contributed by atoms with Crippen LogP contribution >= 0.6 is 0 Å². The number of rotatable bonds is 5.